The maximum atomic E-state index is 6.57. The van der Waals surface area contributed by atoms with Gasteiger partial charge in [0, 0.05) is 0 Å². The van der Waals surface area contributed by atoms with E-state index in [-0.39, 0.29) is 10.8 Å². The normalized spacial score (nSPS) is 28.7. The van der Waals surface area contributed by atoms with Crippen LogP contribution in [-0.4, -0.2) is 13.7 Å². The molecule has 0 bridgehead atoms. The third-order valence-electron chi connectivity index (χ3n) is 8.11. The Hall–Kier alpha value is -1.80. The summed E-state index contributed by atoms with van der Waals surface area (Å²) in [5.74, 6) is 2.17. The monoisotopic (exact) mass is 391 g/mol. The SMILES string of the molecule is COc1ccc(C[C@@]2(CN)CCC[C@]3(C)c4ccc(C(C)C)cc4CC[C@@H]23)cc1. The minimum absolute atomic E-state index is 0.190. The van der Waals surface area contributed by atoms with Crippen LogP contribution in [0.1, 0.15) is 74.6 Å². The van der Waals surface area contributed by atoms with Crippen LogP contribution >= 0.6 is 0 Å². The van der Waals surface area contributed by atoms with Crippen molar-refractivity contribution >= 4 is 0 Å². The van der Waals surface area contributed by atoms with Crippen molar-refractivity contribution in [2.24, 2.45) is 17.1 Å². The van der Waals surface area contributed by atoms with Crippen LogP contribution in [-0.2, 0) is 18.3 Å². The molecule has 2 N–H and O–H groups in total. The summed E-state index contributed by atoms with van der Waals surface area (Å²) in [4.78, 5) is 0. The topological polar surface area (TPSA) is 35.2 Å². The van der Waals surface area contributed by atoms with E-state index in [1.807, 2.05) is 0 Å². The predicted molar refractivity (Wildman–Crippen MR) is 122 cm³/mol. The molecule has 3 atom stereocenters. The molecule has 2 nitrogen and oxygen atoms in total. The second kappa shape index (κ2) is 7.80. The summed E-state index contributed by atoms with van der Waals surface area (Å²) in [6.07, 6.45) is 7.34. The molecular formula is C27H37NO. The molecule has 2 aromatic carbocycles. The summed E-state index contributed by atoms with van der Waals surface area (Å²) >= 11 is 0. The molecule has 2 heteroatoms. The van der Waals surface area contributed by atoms with Gasteiger partial charge in [-0.3, -0.25) is 0 Å². The lowest BCUT2D eigenvalue weighted by atomic mass is 9.48. The molecule has 0 saturated heterocycles. The minimum atomic E-state index is 0.190. The highest BCUT2D eigenvalue weighted by atomic mass is 16.5. The minimum Gasteiger partial charge on any atom is -0.497 e. The van der Waals surface area contributed by atoms with Crippen LogP contribution in [0.4, 0.5) is 0 Å². The molecule has 1 fully saturated rings. The summed E-state index contributed by atoms with van der Waals surface area (Å²) in [5, 5.41) is 0. The van der Waals surface area contributed by atoms with Gasteiger partial charge in [0.05, 0.1) is 7.11 Å². The fourth-order valence-electron chi connectivity index (χ4n) is 6.49. The van der Waals surface area contributed by atoms with E-state index in [4.69, 9.17) is 10.5 Å². The molecule has 0 aliphatic heterocycles. The van der Waals surface area contributed by atoms with Crippen molar-refractivity contribution in [3.05, 3.63) is 64.7 Å². The molecule has 2 aliphatic carbocycles. The number of benzene rings is 2. The molecule has 2 aliphatic rings. The molecule has 4 rings (SSSR count). The molecule has 0 spiro atoms. The number of hydrogen-bond acceptors (Lipinski definition) is 2. The maximum Gasteiger partial charge on any atom is 0.118 e. The van der Waals surface area contributed by atoms with E-state index in [2.05, 4.69) is 63.2 Å². The molecule has 0 aromatic heterocycles. The maximum absolute atomic E-state index is 6.57. The highest BCUT2D eigenvalue weighted by Gasteiger charge is 2.53. The second-order valence-corrected chi connectivity index (χ2v) is 10.0. The Morgan fingerprint density at radius 1 is 1.10 bits per heavy atom. The van der Waals surface area contributed by atoms with Crippen LogP contribution in [0.25, 0.3) is 0 Å². The molecule has 0 amide bonds. The number of aryl methyl sites for hydroxylation is 1. The van der Waals surface area contributed by atoms with E-state index in [0.717, 1.165) is 18.7 Å². The average molecular weight is 392 g/mol. The summed E-state index contributed by atoms with van der Waals surface area (Å²) in [6, 6.07) is 16.0. The van der Waals surface area contributed by atoms with Crippen molar-refractivity contribution in [2.45, 2.75) is 70.6 Å². The van der Waals surface area contributed by atoms with Gasteiger partial charge in [-0.15, -0.1) is 0 Å². The van der Waals surface area contributed by atoms with E-state index >= 15 is 0 Å². The van der Waals surface area contributed by atoms with Crippen molar-refractivity contribution in [1.82, 2.24) is 0 Å². The molecule has 0 radical (unpaired) electrons. The summed E-state index contributed by atoms with van der Waals surface area (Å²) in [7, 11) is 1.73. The van der Waals surface area contributed by atoms with Gasteiger partial charge in [-0.25, -0.2) is 0 Å². The molecular weight excluding hydrogens is 354 g/mol. The fourth-order valence-corrected chi connectivity index (χ4v) is 6.49. The van der Waals surface area contributed by atoms with E-state index in [9.17, 15) is 0 Å². The largest absolute Gasteiger partial charge is 0.497 e. The Balaban J connectivity index is 1.69. The smallest absolute Gasteiger partial charge is 0.118 e. The Kier molecular flexibility index (Phi) is 5.50. The van der Waals surface area contributed by atoms with Gasteiger partial charge in [0.1, 0.15) is 5.75 Å². The molecule has 1 saturated carbocycles. The van der Waals surface area contributed by atoms with Gasteiger partial charge in [-0.05, 0) is 95.7 Å². The van der Waals surface area contributed by atoms with Gasteiger partial charge in [0.15, 0.2) is 0 Å². The van der Waals surface area contributed by atoms with Crippen molar-refractivity contribution in [3.63, 3.8) is 0 Å². The third-order valence-corrected chi connectivity index (χ3v) is 8.11. The molecule has 0 heterocycles. The number of nitrogens with two attached hydrogens (primary N) is 1. The Labute approximate surface area is 176 Å². The predicted octanol–water partition coefficient (Wildman–Crippen LogP) is 6.01. The number of ether oxygens (including phenoxy) is 1. The van der Waals surface area contributed by atoms with Crippen LogP contribution in [0.3, 0.4) is 0 Å². The first-order valence-electron chi connectivity index (χ1n) is 11.4. The molecule has 29 heavy (non-hydrogen) atoms. The van der Waals surface area contributed by atoms with Gasteiger partial charge in [-0.2, -0.15) is 0 Å². The zero-order valence-corrected chi connectivity index (χ0v) is 18.6. The number of rotatable bonds is 5. The lowest BCUT2D eigenvalue weighted by Crippen LogP contribution is -2.54. The van der Waals surface area contributed by atoms with Gasteiger partial charge in [0.25, 0.3) is 0 Å². The van der Waals surface area contributed by atoms with E-state index in [1.54, 1.807) is 18.2 Å². The summed E-state index contributed by atoms with van der Waals surface area (Å²) in [6.45, 7) is 7.90. The van der Waals surface area contributed by atoms with Crippen LogP contribution in [0, 0.1) is 11.3 Å². The zero-order chi connectivity index (χ0) is 20.6. The van der Waals surface area contributed by atoms with E-state index in [0.29, 0.717) is 11.8 Å². The Morgan fingerprint density at radius 3 is 2.52 bits per heavy atom. The molecule has 0 unspecified atom stereocenters. The van der Waals surface area contributed by atoms with Gasteiger partial charge < -0.3 is 10.5 Å². The molecule has 156 valence electrons. The number of methoxy groups -OCH3 is 1. The van der Waals surface area contributed by atoms with Crippen LogP contribution in [0.15, 0.2) is 42.5 Å². The fraction of sp³-hybridized carbons (Fsp3) is 0.556. The summed E-state index contributed by atoms with van der Waals surface area (Å²) in [5.41, 5.74) is 13.1. The number of fused-ring (bicyclic) bond motifs is 3. The van der Waals surface area contributed by atoms with E-state index in [1.165, 1.54) is 43.2 Å². The molecule has 2 aromatic rings. The first kappa shape index (κ1) is 20.5. The van der Waals surface area contributed by atoms with Gasteiger partial charge in [0.2, 0.25) is 0 Å². The van der Waals surface area contributed by atoms with Gasteiger partial charge in [-0.1, -0.05) is 57.5 Å². The summed E-state index contributed by atoms with van der Waals surface area (Å²) < 4.78 is 5.35. The van der Waals surface area contributed by atoms with Crippen LogP contribution < -0.4 is 10.5 Å². The number of hydrogen-bond donors (Lipinski definition) is 1. The third kappa shape index (κ3) is 3.50. The lowest BCUT2D eigenvalue weighted by Gasteiger charge is -2.57. The van der Waals surface area contributed by atoms with Crippen molar-refractivity contribution in [3.8, 4) is 5.75 Å². The van der Waals surface area contributed by atoms with E-state index < -0.39 is 0 Å². The highest BCUT2D eigenvalue weighted by Crippen LogP contribution is 2.58. The highest BCUT2D eigenvalue weighted by molar-refractivity contribution is 5.42. The Morgan fingerprint density at radius 2 is 1.86 bits per heavy atom. The quantitative estimate of drug-likeness (QED) is 0.677. The first-order valence-corrected chi connectivity index (χ1v) is 11.4. The Bertz CT molecular complexity index is 855. The lowest BCUT2D eigenvalue weighted by molar-refractivity contribution is 0.0177. The van der Waals surface area contributed by atoms with Crippen molar-refractivity contribution in [1.29, 1.82) is 0 Å². The van der Waals surface area contributed by atoms with Gasteiger partial charge >= 0.3 is 0 Å². The standard InChI is InChI=1S/C27H37NO/c1-19(2)21-8-12-24-22(16-21)9-13-25-26(24,3)14-5-15-27(25,18-28)17-20-6-10-23(29-4)11-7-20/h6-8,10-12,16,19,25H,5,9,13-15,17-18,28H2,1-4H3/t25-,26-,27-/m1/s1. The van der Waals surface area contributed by atoms with Crippen LogP contribution in [0.2, 0.25) is 0 Å². The average Bonchev–Trinajstić information content (AvgIpc) is 2.73. The zero-order valence-electron chi connectivity index (χ0n) is 18.6. The van der Waals surface area contributed by atoms with Crippen molar-refractivity contribution < 1.29 is 4.74 Å². The van der Waals surface area contributed by atoms with Crippen molar-refractivity contribution in [2.75, 3.05) is 13.7 Å². The van der Waals surface area contributed by atoms with Crippen LogP contribution in [0.5, 0.6) is 5.75 Å². The second-order valence-electron chi connectivity index (χ2n) is 10.0. The first-order chi connectivity index (χ1) is 13.9.